The molecule has 0 saturated heterocycles. The van der Waals surface area contributed by atoms with E-state index < -0.39 is 12.1 Å². The van der Waals surface area contributed by atoms with E-state index in [1.807, 2.05) is 0 Å². The lowest BCUT2D eigenvalue weighted by atomic mass is 10.0. The van der Waals surface area contributed by atoms with Gasteiger partial charge >= 0.3 is 0 Å². The molecule has 0 saturated carbocycles. The molecule has 0 aliphatic heterocycles. The Morgan fingerprint density at radius 3 is 2.17 bits per heavy atom. The van der Waals surface area contributed by atoms with Crippen molar-refractivity contribution in [1.82, 2.24) is 5.32 Å². The highest BCUT2D eigenvalue weighted by Crippen LogP contribution is 2.11. The van der Waals surface area contributed by atoms with Crippen LogP contribution in [0.15, 0.2) is 0 Å². The summed E-state index contributed by atoms with van der Waals surface area (Å²) < 4.78 is 0. The number of rotatable bonds is 11. The predicted octanol–water partition coefficient (Wildman–Crippen LogP) is 1.98. The highest BCUT2D eigenvalue weighted by Gasteiger charge is 2.18. The Bertz CT molecular complexity index is 209. The standard InChI is InChI=1S/C14H29NO3/c1-3-4-5-6-7-8-9-10-14(18)13(11-16)15-12(2)17/h13-14,16,18H,3-11H2,1-2H3,(H,15,17). The van der Waals surface area contributed by atoms with Crippen LogP contribution in [0.5, 0.6) is 0 Å². The number of amides is 1. The molecule has 18 heavy (non-hydrogen) atoms. The van der Waals surface area contributed by atoms with Crippen molar-refractivity contribution in [3.05, 3.63) is 0 Å². The molecule has 0 bridgehead atoms. The molecule has 0 rings (SSSR count). The molecule has 108 valence electrons. The predicted molar refractivity (Wildman–Crippen MR) is 73.3 cm³/mol. The van der Waals surface area contributed by atoms with Crippen molar-refractivity contribution in [3.63, 3.8) is 0 Å². The molecular formula is C14H29NO3. The summed E-state index contributed by atoms with van der Waals surface area (Å²) in [5.41, 5.74) is 0. The Labute approximate surface area is 111 Å². The van der Waals surface area contributed by atoms with Gasteiger partial charge in [-0.3, -0.25) is 4.79 Å². The van der Waals surface area contributed by atoms with E-state index in [4.69, 9.17) is 5.11 Å². The van der Waals surface area contributed by atoms with Gasteiger partial charge in [0, 0.05) is 6.92 Å². The Morgan fingerprint density at radius 2 is 1.67 bits per heavy atom. The minimum atomic E-state index is -0.644. The zero-order chi connectivity index (χ0) is 13.8. The van der Waals surface area contributed by atoms with Crippen LogP contribution in [0, 0.1) is 0 Å². The lowest BCUT2D eigenvalue weighted by Gasteiger charge is -2.21. The first-order valence-electron chi connectivity index (χ1n) is 7.17. The average molecular weight is 259 g/mol. The van der Waals surface area contributed by atoms with Crippen LogP contribution in [0.2, 0.25) is 0 Å². The number of aliphatic hydroxyl groups excluding tert-OH is 2. The molecule has 0 aromatic heterocycles. The van der Waals surface area contributed by atoms with Crippen LogP contribution in [0.25, 0.3) is 0 Å². The van der Waals surface area contributed by atoms with Gasteiger partial charge in [0.2, 0.25) is 5.91 Å². The summed E-state index contributed by atoms with van der Waals surface area (Å²) in [6.45, 7) is 3.38. The van der Waals surface area contributed by atoms with Crippen molar-refractivity contribution in [1.29, 1.82) is 0 Å². The summed E-state index contributed by atoms with van der Waals surface area (Å²) >= 11 is 0. The normalized spacial score (nSPS) is 14.2. The molecule has 0 heterocycles. The van der Waals surface area contributed by atoms with Crippen molar-refractivity contribution in [2.24, 2.45) is 0 Å². The lowest BCUT2D eigenvalue weighted by Crippen LogP contribution is -2.44. The fourth-order valence-electron chi connectivity index (χ4n) is 2.04. The number of carbonyl (C=O) groups excluding carboxylic acids is 1. The number of hydrogen-bond acceptors (Lipinski definition) is 3. The molecule has 4 heteroatoms. The van der Waals surface area contributed by atoms with Crippen molar-refractivity contribution < 1.29 is 15.0 Å². The molecular weight excluding hydrogens is 230 g/mol. The zero-order valence-corrected chi connectivity index (χ0v) is 11.8. The van der Waals surface area contributed by atoms with Gasteiger partial charge in [-0.2, -0.15) is 0 Å². The molecule has 0 spiro atoms. The molecule has 2 unspecified atom stereocenters. The molecule has 0 aromatic carbocycles. The Hall–Kier alpha value is -0.610. The monoisotopic (exact) mass is 259 g/mol. The Morgan fingerprint density at radius 1 is 1.11 bits per heavy atom. The summed E-state index contributed by atoms with van der Waals surface area (Å²) in [5, 5.41) is 21.5. The summed E-state index contributed by atoms with van der Waals surface area (Å²) in [4.78, 5) is 10.9. The molecule has 1 amide bonds. The van der Waals surface area contributed by atoms with E-state index in [1.165, 1.54) is 39.0 Å². The maximum atomic E-state index is 10.9. The van der Waals surface area contributed by atoms with Gasteiger partial charge < -0.3 is 15.5 Å². The highest BCUT2D eigenvalue weighted by molar-refractivity contribution is 5.73. The second kappa shape index (κ2) is 11.5. The van der Waals surface area contributed by atoms with E-state index in [9.17, 15) is 9.90 Å². The Kier molecular flexibility index (Phi) is 11.1. The maximum Gasteiger partial charge on any atom is 0.217 e. The van der Waals surface area contributed by atoms with Gasteiger partial charge in [-0.15, -0.1) is 0 Å². The number of hydrogen-bond donors (Lipinski definition) is 3. The molecule has 3 N–H and O–H groups in total. The lowest BCUT2D eigenvalue weighted by molar-refractivity contribution is -0.121. The van der Waals surface area contributed by atoms with Crippen molar-refractivity contribution >= 4 is 5.91 Å². The third-order valence-corrected chi connectivity index (χ3v) is 3.15. The molecule has 0 fully saturated rings. The van der Waals surface area contributed by atoms with Crippen LogP contribution in [0.1, 0.15) is 65.2 Å². The summed E-state index contributed by atoms with van der Waals surface area (Å²) in [6.07, 6.45) is 8.38. The molecule has 0 aromatic rings. The summed E-state index contributed by atoms with van der Waals surface area (Å²) in [5.74, 6) is -0.215. The van der Waals surface area contributed by atoms with Crippen LogP contribution in [-0.4, -0.2) is 34.9 Å². The van der Waals surface area contributed by atoms with Crippen LogP contribution in [-0.2, 0) is 4.79 Å². The first kappa shape index (κ1) is 17.4. The average Bonchev–Trinajstić information content (AvgIpc) is 2.34. The fourth-order valence-corrected chi connectivity index (χ4v) is 2.04. The second-order valence-corrected chi connectivity index (χ2v) is 4.97. The minimum Gasteiger partial charge on any atom is -0.394 e. The van der Waals surface area contributed by atoms with E-state index in [0.717, 1.165) is 12.8 Å². The first-order valence-corrected chi connectivity index (χ1v) is 7.17. The SMILES string of the molecule is CCCCCCCCCC(O)C(CO)NC(C)=O. The summed E-state index contributed by atoms with van der Waals surface area (Å²) in [6, 6.07) is -0.525. The third kappa shape index (κ3) is 9.42. The van der Waals surface area contributed by atoms with Gasteiger partial charge in [0.25, 0.3) is 0 Å². The maximum absolute atomic E-state index is 10.9. The van der Waals surface area contributed by atoms with Gasteiger partial charge in [0.05, 0.1) is 18.8 Å². The highest BCUT2D eigenvalue weighted by atomic mass is 16.3. The molecule has 0 radical (unpaired) electrons. The Balaban J connectivity index is 3.55. The molecule has 4 nitrogen and oxygen atoms in total. The molecule has 0 aliphatic rings. The molecule has 2 atom stereocenters. The van der Waals surface area contributed by atoms with E-state index >= 15 is 0 Å². The van der Waals surface area contributed by atoms with Crippen LogP contribution in [0.3, 0.4) is 0 Å². The van der Waals surface area contributed by atoms with Crippen molar-refractivity contribution in [2.75, 3.05) is 6.61 Å². The van der Waals surface area contributed by atoms with Crippen LogP contribution < -0.4 is 5.32 Å². The van der Waals surface area contributed by atoms with Gasteiger partial charge in [-0.05, 0) is 6.42 Å². The van der Waals surface area contributed by atoms with Gasteiger partial charge in [-0.25, -0.2) is 0 Å². The number of carbonyl (C=O) groups is 1. The number of nitrogens with one attached hydrogen (secondary N) is 1. The van der Waals surface area contributed by atoms with Crippen LogP contribution >= 0.6 is 0 Å². The van der Waals surface area contributed by atoms with Gasteiger partial charge in [0.1, 0.15) is 0 Å². The number of unbranched alkanes of at least 4 members (excludes halogenated alkanes) is 6. The zero-order valence-electron chi connectivity index (χ0n) is 11.8. The van der Waals surface area contributed by atoms with E-state index in [1.54, 1.807) is 0 Å². The third-order valence-electron chi connectivity index (χ3n) is 3.15. The van der Waals surface area contributed by atoms with E-state index in [2.05, 4.69) is 12.2 Å². The topological polar surface area (TPSA) is 69.6 Å². The minimum absolute atomic E-state index is 0.211. The smallest absolute Gasteiger partial charge is 0.217 e. The van der Waals surface area contributed by atoms with Gasteiger partial charge in [-0.1, -0.05) is 51.9 Å². The quantitative estimate of drug-likeness (QED) is 0.497. The van der Waals surface area contributed by atoms with Crippen LogP contribution in [0.4, 0.5) is 0 Å². The second-order valence-electron chi connectivity index (χ2n) is 4.97. The summed E-state index contributed by atoms with van der Waals surface area (Å²) in [7, 11) is 0. The first-order chi connectivity index (χ1) is 8.61. The van der Waals surface area contributed by atoms with Crippen molar-refractivity contribution in [2.45, 2.75) is 77.4 Å². The fraction of sp³-hybridized carbons (Fsp3) is 0.929. The van der Waals surface area contributed by atoms with E-state index in [-0.39, 0.29) is 12.5 Å². The van der Waals surface area contributed by atoms with Gasteiger partial charge in [0.15, 0.2) is 0 Å². The molecule has 0 aliphatic carbocycles. The number of aliphatic hydroxyl groups is 2. The van der Waals surface area contributed by atoms with E-state index in [0.29, 0.717) is 6.42 Å². The van der Waals surface area contributed by atoms with Crippen molar-refractivity contribution in [3.8, 4) is 0 Å². The largest absolute Gasteiger partial charge is 0.394 e.